The molecule has 7 nitrogen and oxygen atoms in total. The van der Waals surface area contributed by atoms with Crippen molar-refractivity contribution in [1.82, 2.24) is 0 Å². The molecule has 9 heteroatoms. The topological polar surface area (TPSA) is 130 Å². The zero-order valence-electron chi connectivity index (χ0n) is 8.63. The predicted octanol–water partition coefficient (Wildman–Crippen LogP) is 0.376. The van der Waals surface area contributed by atoms with Gasteiger partial charge in [0.25, 0.3) is 10.1 Å². The van der Waals surface area contributed by atoms with Crippen molar-refractivity contribution in [3.05, 3.63) is 16.0 Å². The maximum atomic E-state index is 11.4. The molecule has 0 radical (unpaired) electrons. The van der Waals surface area contributed by atoms with Gasteiger partial charge in [0.1, 0.15) is 21.7 Å². The number of esters is 1. The van der Waals surface area contributed by atoms with Crippen molar-refractivity contribution < 1.29 is 22.5 Å². The lowest BCUT2D eigenvalue weighted by Gasteiger charge is -2.02. The minimum Gasteiger partial charge on any atom is -0.465 e. The van der Waals surface area contributed by atoms with Crippen LogP contribution in [0.1, 0.15) is 20.8 Å². The molecule has 1 heterocycles. The Bertz CT molecular complexity index is 596. The Balaban J connectivity index is 3.44. The number of nitrogens with zero attached hydrogens (tertiary/aromatic N) is 1. The Labute approximate surface area is 101 Å². The monoisotopic (exact) mass is 276 g/mol. The van der Waals surface area contributed by atoms with Crippen LogP contribution in [0.4, 0.5) is 5.00 Å². The lowest BCUT2D eigenvalue weighted by Crippen LogP contribution is -2.10. The Hall–Kier alpha value is -1.63. The second-order valence-corrected chi connectivity index (χ2v) is 5.48. The third-order valence-corrected chi connectivity index (χ3v) is 3.47. The van der Waals surface area contributed by atoms with Gasteiger partial charge in [0.2, 0.25) is 0 Å². The average molecular weight is 276 g/mol. The Morgan fingerprint density at radius 2 is 2.24 bits per heavy atom. The number of nitriles is 1. The summed E-state index contributed by atoms with van der Waals surface area (Å²) < 4.78 is 34.8. The van der Waals surface area contributed by atoms with Crippen molar-refractivity contribution >= 4 is 32.4 Å². The second kappa shape index (κ2) is 4.70. The van der Waals surface area contributed by atoms with Crippen LogP contribution < -0.4 is 5.73 Å². The number of anilines is 1. The largest absolute Gasteiger partial charge is 0.465 e. The number of ether oxygens (including phenoxy) is 1. The first-order valence-corrected chi connectivity index (χ1v) is 6.57. The van der Waals surface area contributed by atoms with Gasteiger partial charge in [-0.25, -0.2) is 4.79 Å². The minimum absolute atomic E-state index is 0.0212. The molecule has 17 heavy (non-hydrogen) atoms. The minimum atomic E-state index is -4.37. The molecule has 92 valence electrons. The van der Waals surface area contributed by atoms with Crippen LogP contribution in [0.5, 0.6) is 0 Å². The third kappa shape index (κ3) is 2.94. The zero-order valence-corrected chi connectivity index (χ0v) is 10.3. The molecule has 0 bridgehead atoms. The molecule has 0 aliphatic heterocycles. The van der Waals surface area contributed by atoms with E-state index < -0.39 is 21.8 Å². The van der Waals surface area contributed by atoms with Gasteiger partial charge in [0.05, 0.1) is 12.7 Å². The third-order valence-electron chi connectivity index (χ3n) is 1.85. The Morgan fingerprint density at radius 3 is 2.65 bits per heavy atom. The molecule has 0 aliphatic rings. The summed E-state index contributed by atoms with van der Waals surface area (Å²) in [6.45, 7) is 0. The summed E-state index contributed by atoms with van der Waals surface area (Å²) >= 11 is 0.766. The van der Waals surface area contributed by atoms with E-state index in [2.05, 4.69) is 4.74 Å². The lowest BCUT2D eigenvalue weighted by molar-refractivity contribution is 0.0601. The molecule has 1 aromatic heterocycles. The normalized spacial score (nSPS) is 10.9. The van der Waals surface area contributed by atoms with Crippen LogP contribution >= 0.6 is 11.3 Å². The summed E-state index contributed by atoms with van der Waals surface area (Å²) in [6, 6.07) is 1.71. The molecule has 0 aromatic carbocycles. The van der Waals surface area contributed by atoms with Gasteiger partial charge in [-0.1, -0.05) is 0 Å². The van der Waals surface area contributed by atoms with Gasteiger partial charge >= 0.3 is 5.97 Å². The molecule has 0 fully saturated rings. The smallest absolute Gasteiger partial charge is 0.341 e. The fourth-order valence-electron chi connectivity index (χ4n) is 1.22. The molecule has 1 aromatic rings. The lowest BCUT2D eigenvalue weighted by atomic mass is 10.1. The van der Waals surface area contributed by atoms with Crippen molar-refractivity contribution in [2.24, 2.45) is 0 Å². The van der Waals surface area contributed by atoms with Gasteiger partial charge in [-0.05, 0) is 0 Å². The second-order valence-electron chi connectivity index (χ2n) is 2.98. The van der Waals surface area contributed by atoms with Gasteiger partial charge in [0, 0.05) is 5.56 Å². The van der Waals surface area contributed by atoms with Crippen LogP contribution in [0.15, 0.2) is 0 Å². The summed E-state index contributed by atoms with van der Waals surface area (Å²) in [6.07, 6.45) is 0. The molecule has 0 atom stereocenters. The summed E-state index contributed by atoms with van der Waals surface area (Å²) in [4.78, 5) is 11.3. The van der Waals surface area contributed by atoms with E-state index in [4.69, 9.17) is 15.5 Å². The molecule has 0 saturated carbocycles. The highest BCUT2D eigenvalue weighted by molar-refractivity contribution is 7.85. The molecular weight excluding hydrogens is 268 g/mol. The first-order chi connectivity index (χ1) is 7.80. The maximum absolute atomic E-state index is 11.4. The zero-order chi connectivity index (χ0) is 13.2. The van der Waals surface area contributed by atoms with E-state index in [1.165, 1.54) is 0 Å². The highest BCUT2D eigenvalue weighted by Crippen LogP contribution is 2.32. The number of carbonyl (C=O) groups excluding carboxylic acids is 1. The summed E-state index contributed by atoms with van der Waals surface area (Å²) in [7, 11) is -3.27. The molecule has 1 rings (SSSR count). The van der Waals surface area contributed by atoms with Gasteiger partial charge in [0.15, 0.2) is 0 Å². The maximum Gasteiger partial charge on any atom is 0.341 e. The number of carbonyl (C=O) groups is 1. The van der Waals surface area contributed by atoms with Crippen molar-refractivity contribution in [1.29, 1.82) is 5.26 Å². The molecule has 0 saturated heterocycles. The van der Waals surface area contributed by atoms with Crippen LogP contribution in [-0.2, 0) is 20.6 Å². The average Bonchev–Trinajstić information content (AvgIpc) is 2.51. The number of nitrogen functional groups attached to an aromatic ring is 1. The number of methoxy groups -OCH3 is 1. The Kier molecular flexibility index (Phi) is 3.72. The van der Waals surface area contributed by atoms with Crippen LogP contribution in [-0.4, -0.2) is 26.0 Å². The summed E-state index contributed by atoms with van der Waals surface area (Å²) in [5.74, 6) is -1.70. The number of hydrogen-bond donors (Lipinski definition) is 2. The van der Waals surface area contributed by atoms with Gasteiger partial charge < -0.3 is 10.5 Å². The van der Waals surface area contributed by atoms with Crippen molar-refractivity contribution in [3.8, 4) is 6.07 Å². The SMILES string of the molecule is COC(=O)c1c(N)sc(C#N)c1CS(=O)(=O)O. The van der Waals surface area contributed by atoms with Gasteiger partial charge in [-0.3, -0.25) is 4.55 Å². The first kappa shape index (κ1) is 13.4. The van der Waals surface area contributed by atoms with E-state index in [9.17, 15) is 13.2 Å². The molecule has 0 unspecified atom stereocenters. The molecule has 0 aliphatic carbocycles. The standard InChI is InChI=1S/C8H8N2O5S2/c1-15-8(11)6-4(3-17(12,13)14)5(2-9)16-7(6)10/h3,10H2,1H3,(H,12,13,14). The summed E-state index contributed by atoms with van der Waals surface area (Å²) in [5, 5.41) is 8.76. The summed E-state index contributed by atoms with van der Waals surface area (Å²) in [5.41, 5.74) is 5.18. The predicted molar refractivity (Wildman–Crippen MR) is 60.0 cm³/mol. The van der Waals surface area contributed by atoms with Crippen molar-refractivity contribution in [3.63, 3.8) is 0 Å². The fraction of sp³-hybridized carbons (Fsp3) is 0.250. The van der Waals surface area contributed by atoms with Crippen LogP contribution in [0, 0.1) is 11.3 Å². The van der Waals surface area contributed by atoms with Crippen LogP contribution in [0.25, 0.3) is 0 Å². The van der Waals surface area contributed by atoms with E-state index in [0.29, 0.717) is 0 Å². The van der Waals surface area contributed by atoms with E-state index >= 15 is 0 Å². The van der Waals surface area contributed by atoms with Crippen LogP contribution in [0.3, 0.4) is 0 Å². The van der Waals surface area contributed by atoms with E-state index in [1.54, 1.807) is 6.07 Å². The van der Waals surface area contributed by atoms with E-state index in [-0.39, 0.29) is 21.0 Å². The number of nitrogens with two attached hydrogens (primary N) is 1. The number of rotatable bonds is 3. The fourth-order valence-corrected chi connectivity index (χ4v) is 2.84. The van der Waals surface area contributed by atoms with Gasteiger partial charge in [-0.15, -0.1) is 11.3 Å². The van der Waals surface area contributed by atoms with Crippen molar-refractivity contribution in [2.45, 2.75) is 5.75 Å². The number of hydrogen-bond acceptors (Lipinski definition) is 7. The van der Waals surface area contributed by atoms with E-state index in [0.717, 1.165) is 18.4 Å². The van der Waals surface area contributed by atoms with E-state index in [1.807, 2.05) is 0 Å². The highest BCUT2D eigenvalue weighted by Gasteiger charge is 2.26. The first-order valence-electron chi connectivity index (χ1n) is 4.15. The van der Waals surface area contributed by atoms with Crippen LogP contribution in [0.2, 0.25) is 0 Å². The molecule has 0 spiro atoms. The highest BCUT2D eigenvalue weighted by atomic mass is 32.2. The Morgan fingerprint density at radius 1 is 1.65 bits per heavy atom. The number of thiophene rings is 1. The molecular formula is C8H8N2O5S2. The molecule has 0 amide bonds. The van der Waals surface area contributed by atoms with Crippen molar-refractivity contribution in [2.75, 3.05) is 12.8 Å². The molecule has 3 N–H and O–H groups in total. The van der Waals surface area contributed by atoms with Gasteiger partial charge in [-0.2, -0.15) is 13.7 Å². The quantitative estimate of drug-likeness (QED) is 0.602.